The molecule has 0 amide bonds. The third-order valence-electron chi connectivity index (χ3n) is 5.50. The number of sulfonamides is 2. The van der Waals surface area contributed by atoms with E-state index in [0.29, 0.717) is 0 Å². The van der Waals surface area contributed by atoms with Crippen molar-refractivity contribution in [2.75, 3.05) is 4.31 Å². The van der Waals surface area contributed by atoms with Gasteiger partial charge in [-0.15, -0.1) is 0 Å². The fourth-order valence-electron chi connectivity index (χ4n) is 3.36. The molecule has 0 spiro atoms. The molecule has 12 heteroatoms. The third kappa shape index (κ3) is 6.77. The number of hydrogen-bond donors (Lipinski definition) is 1. The van der Waals surface area contributed by atoms with Crippen molar-refractivity contribution in [1.29, 1.82) is 0 Å². The normalized spacial score (nSPS) is 13.3. The van der Waals surface area contributed by atoms with Crippen LogP contribution in [0.3, 0.4) is 0 Å². The van der Waals surface area contributed by atoms with Crippen LogP contribution in [-0.4, -0.2) is 40.9 Å². The highest BCUT2D eigenvalue weighted by atomic mass is 32.2. The van der Waals surface area contributed by atoms with Gasteiger partial charge in [0.25, 0.3) is 10.0 Å². The standard InChI is InChI=1S/C26H28N2O8S2/c1-18-10-14-23(15-11-18)37(31,32)27-20(3)25(29)35-36-26(30)21(4)28(22-8-6-5-7-9-22)38(33,34)24-16-12-19(2)13-17-24/h5-17,20-21,27H,1-4H3/t20-,21-/m0/s1. The van der Waals surface area contributed by atoms with Crippen molar-refractivity contribution in [3.8, 4) is 0 Å². The first-order valence-corrected chi connectivity index (χ1v) is 14.4. The van der Waals surface area contributed by atoms with Gasteiger partial charge in [0.05, 0.1) is 15.5 Å². The molecule has 0 saturated carbocycles. The van der Waals surface area contributed by atoms with Crippen molar-refractivity contribution in [3.05, 3.63) is 90.0 Å². The number of rotatable bonds is 9. The summed E-state index contributed by atoms with van der Waals surface area (Å²) in [7, 11) is -8.29. The maximum Gasteiger partial charge on any atom is 0.378 e. The van der Waals surface area contributed by atoms with Gasteiger partial charge >= 0.3 is 11.9 Å². The highest BCUT2D eigenvalue weighted by molar-refractivity contribution is 7.93. The van der Waals surface area contributed by atoms with Gasteiger partial charge in [0.2, 0.25) is 10.0 Å². The minimum absolute atomic E-state index is 0.0530. The van der Waals surface area contributed by atoms with Gasteiger partial charge in [0.1, 0.15) is 12.1 Å². The monoisotopic (exact) mass is 560 g/mol. The maximum absolute atomic E-state index is 13.5. The van der Waals surface area contributed by atoms with E-state index in [2.05, 4.69) is 14.5 Å². The lowest BCUT2D eigenvalue weighted by molar-refractivity contribution is -0.260. The zero-order valence-electron chi connectivity index (χ0n) is 21.2. The number of para-hydroxylation sites is 1. The summed E-state index contributed by atoms with van der Waals surface area (Å²) < 4.78 is 55.0. The quantitative estimate of drug-likeness (QED) is 0.311. The van der Waals surface area contributed by atoms with Crippen molar-refractivity contribution in [1.82, 2.24) is 4.72 Å². The van der Waals surface area contributed by atoms with Crippen molar-refractivity contribution in [3.63, 3.8) is 0 Å². The van der Waals surface area contributed by atoms with Crippen molar-refractivity contribution in [2.24, 2.45) is 0 Å². The van der Waals surface area contributed by atoms with E-state index in [0.717, 1.165) is 15.4 Å². The largest absolute Gasteiger partial charge is 0.378 e. The average molecular weight is 561 g/mol. The molecule has 0 bridgehead atoms. The summed E-state index contributed by atoms with van der Waals surface area (Å²) in [6, 6.07) is 17.1. The molecule has 0 fully saturated rings. The summed E-state index contributed by atoms with van der Waals surface area (Å²) in [4.78, 5) is 34.3. The molecule has 0 aliphatic carbocycles. The molecule has 38 heavy (non-hydrogen) atoms. The molecule has 2 atom stereocenters. The second-order valence-electron chi connectivity index (χ2n) is 8.59. The second-order valence-corrected chi connectivity index (χ2v) is 12.1. The molecule has 0 aromatic heterocycles. The van der Waals surface area contributed by atoms with Crippen LogP contribution in [0.5, 0.6) is 0 Å². The predicted octanol–water partition coefficient (Wildman–Crippen LogP) is 3.26. The van der Waals surface area contributed by atoms with E-state index in [1.165, 1.54) is 50.2 Å². The van der Waals surface area contributed by atoms with Gasteiger partial charge in [-0.3, -0.25) is 4.31 Å². The van der Waals surface area contributed by atoms with Crippen LogP contribution in [0.1, 0.15) is 25.0 Å². The fraction of sp³-hybridized carbons (Fsp3) is 0.231. The molecule has 202 valence electrons. The Balaban J connectivity index is 1.74. The molecule has 3 rings (SSSR count). The lowest BCUT2D eigenvalue weighted by Crippen LogP contribution is -2.45. The van der Waals surface area contributed by atoms with Crippen LogP contribution >= 0.6 is 0 Å². The Morgan fingerprint density at radius 2 is 1.18 bits per heavy atom. The summed E-state index contributed by atoms with van der Waals surface area (Å²) in [6.45, 7) is 6.09. The molecule has 0 saturated heterocycles. The Hall–Kier alpha value is -3.74. The van der Waals surface area contributed by atoms with Crippen molar-refractivity contribution < 1.29 is 36.2 Å². The van der Waals surface area contributed by atoms with Gasteiger partial charge in [-0.25, -0.2) is 36.2 Å². The highest BCUT2D eigenvalue weighted by Gasteiger charge is 2.36. The highest BCUT2D eigenvalue weighted by Crippen LogP contribution is 2.27. The van der Waals surface area contributed by atoms with Crippen LogP contribution in [0.2, 0.25) is 0 Å². The zero-order chi connectivity index (χ0) is 28.1. The first kappa shape index (κ1) is 28.8. The van der Waals surface area contributed by atoms with Crippen molar-refractivity contribution >= 4 is 37.7 Å². The first-order chi connectivity index (χ1) is 17.8. The molecule has 0 unspecified atom stereocenters. The van der Waals surface area contributed by atoms with E-state index in [1.807, 2.05) is 6.92 Å². The Morgan fingerprint density at radius 1 is 0.711 bits per heavy atom. The second kappa shape index (κ2) is 11.8. The van der Waals surface area contributed by atoms with Gasteiger partial charge in [-0.1, -0.05) is 53.6 Å². The van der Waals surface area contributed by atoms with Crippen molar-refractivity contribution in [2.45, 2.75) is 49.6 Å². The molecular weight excluding hydrogens is 532 g/mol. The molecule has 3 aromatic rings. The number of aryl methyl sites for hydroxylation is 2. The van der Waals surface area contributed by atoms with E-state index in [1.54, 1.807) is 49.4 Å². The Kier molecular flexibility index (Phi) is 8.92. The molecule has 3 aromatic carbocycles. The SMILES string of the molecule is Cc1ccc(S(=O)(=O)N[C@@H](C)C(=O)OOC(=O)[C@H](C)N(c2ccccc2)S(=O)(=O)c2ccc(C)cc2)cc1. The average Bonchev–Trinajstić information content (AvgIpc) is 2.87. The van der Waals surface area contributed by atoms with Gasteiger partial charge in [-0.05, 0) is 64.1 Å². The van der Waals surface area contributed by atoms with E-state index in [9.17, 15) is 26.4 Å². The lowest BCUT2D eigenvalue weighted by atomic mass is 10.2. The Labute approximate surface area is 222 Å². The van der Waals surface area contributed by atoms with Crippen LogP contribution in [0.25, 0.3) is 0 Å². The minimum Gasteiger partial charge on any atom is -0.252 e. The zero-order valence-corrected chi connectivity index (χ0v) is 22.8. The molecule has 1 N–H and O–H groups in total. The topological polar surface area (TPSA) is 136 Å². The van der Waals surface area contributed by atoms with E-state index >= 15 is 0 Å². The molecule has 0 aliphatic heterocycles. The predicted molar refractivity (Wildman–Crippen MR) is 140 cm³/mol. The molecule has 10 nitrogen and oxygen atoms in total. The molecular formula is C26H28N2O8S2. The summed E-state index contributed by atoms with van der Waals surface area (Å²) in [5, 5.41) is 0. The van der Waals surface area contributed by atoms with Gasteiger partial charge in [0, 0.05) is 0 Å². The van der Waals surface area contributed by atoms with Gasteiger partial charge < -0.3 is 0 Å². The molecule has 0 aliphatic rings. The first-order valence-electron chi connectivity index (χ1n) is 11.5. The summed E-state index contributed by atoms with van der Waals surface area (Å²) in [6.07, 6.45) is 0. The number of anilines is 1. The van der Waals surface area contributed by atoms with Crippen LogP contribution in [0, 0.1) is 13.8 Å². The summed E-state index contributed by atoms with van der Waals surface area (Å²) in [5.41, 5.74) is 1.89. The Morgan fingerprint density at radius 3 is 1.71 bits per heavy atom. The molecule has 0 radical (unpaired) electrons. The van der Waals surface area contributed by atoms with Crippen LogP contribution in [0.4, 0.5) is 5.69 Å². The molecule has 0 heterocycles. The van der Waals surface area contributed by atoms with Gasteiger partial charge in [-0.2, -0.15) is 4.72 Å². The Bertz CT molecular complexity index is 1490. The fourth-order valence-corrected chi connectivity index (χ4v) is 6.16. The summed E-state index contributed by atoms with van der Waals surface area (Å²) >= 11 is 0. The smallest absolute Gasteiger partial charge is 0.252 e. The number of carbonyl (C=O) groups excluding carboxylic acids is 2. The third-order valence-corrected chi connectivity index (χ3v) is 8.97. The van der Waals surface area contributed by atoms with Crippen LogP contribution < -0.4 is 9.03 Å². The maximum atomic E-state index is 13.5. The lowest BCUT2D eigenvalue weighted by Gasteiger charge is -2.28. The minimum atomic E-state index is -4.23. The van der Waals surface area contributed by atoms with E-state index in [4.69, 9.17) is 0 Å². The van der Waals surface area contributed by atoms with E-state index in [-0.39, 0.29) is 15.5 Å². The van der Waals surface area contributed by atoms with Crippen LogP contribution in [0.15, 0.2) is 88.7 Å². The number of nitrogens with one attached hydrogen (secondary N) is 1. The number of hydrogen-bond acceptors (Lipinski definition) is 8. The van der Waals surface area contributed by atoms with E-state index < -0.39 is 44.1 Å². The van der Waals surface area contributed by atoms with Crippen LogP contribution in [-0.2, 0) is 39.4 Å². The number of benzene rings is 3. The number of carbonyl (C=O) groups is 2. The summed E-state index contributed by atoms with van der Waals surface area (Å²) in [5.74, 6) is -2.39. The number of nitrogens with zero attached hydrogens (tertiary/aromatic N) is 1. The van der Waals surface area contributed by atoms with Gasteiger partial charge in [0.15, 0.2) is 0 Å².